The zero-order chi connectivity index (χ0) is 13.2. The molecular formula is C14H15NO3. The number of carboxylic acids is 1. The van der Waals surface area contributed by atoms with E-state index >= 15 is 0 Å². The van der Waals surface area contributed by atoms with E-state index in [4.69, 9.17) is 5.11 Å². The Morgan fingerprint density at radius 2 is 1.89 bits per heavy atom. The van der Waals surface area contributed by atoms with Gasteiger partial charge in [-0.1, -0.05) is 30.3 Å². The summed E-state index contributed by atoms with van der Waals surface area (Å²) in [4.78, 5) is 10.8. The lowest BCUT2D eigenvalue weighted by atomic mass is 10.1. The molecule has 0 saturated carbocycles. The third-order valence-electron chi connectivity index (χ3n) is 2.85. The van der Waals surface area contributed by atoms with Gasteiger partial charge in [-0.05, 0) is 29.8 Å². The first-order valence-corrected chi connectivity index (χ1v) is 5.67. The van der Waals surface area contributed by atoms with Gasteiger partial charge < -0.3 is 15.5 Å². The summed E-state index contributed by atoms with van der Waals surface area (Å²) in [5, 5.41) is 23.5. The largest absolute Gasteiger partial charge is 0.479 e. The van der Waals surface area contributed by atoms with Crippen LogP contribution in [0.1, 0.15) is 6.92 Å². The highest BCUT2D eigenvalue weighted by Gasteiger charge is 2.29. The van der Waals surface area contributed by atoms with Crippen LogP contribution in [0.5, 0.6) is 0 Å². The Morgan fingerprint density at radius 1 is 1.22 bits per heavy atom. The molecule has 1 atom stereocenters. The fourth-order valence-corrected chi connectivity index (χ4v) is 1.65. The summed E-state index contributed by atoms with van der Waals surface area (Å²) in [7, 11) is 0. The van der Waals surface area contributed by atoms with E-state index in [1.54, 1.807) is 0 Å². The van der Waals surface area contributed by atoms with Crippen LogP contribution < -0.4 is 5.32 Å². The number of nitrogens with one attached hydrogen (secondary N) is 1. The van der Waals surface area contributed by atoms with E-state index in [-0.39, 0.29) is 6.54 Å². The maximum atomic E-state index is 10.8. The average Bonchev–Trinajstić information content (AvgIpc) is 2.36. The molecule has 2 aromatic carbocycles. The predicted octanol–water partition coefficient (Wildman–Crippen LogP) is 2.09. The van der Waals surface area contributed by atoms with Crippen LogP contribution in [-0.4, -0.2) is 28.3 Å². The van der Waals surface area contributed by atoms with Gasteiger partial charge in [0.05, 0.1) is 6.54 Å². The van der Waals surface area contributed by atoms with Crippen LogP contribution in [0, 0.1) is 0 Å². The Bertz CT molecular complexity index is 578. The predicted molar refractivity (Wildman–Crippen MR) is 70.7 cm³/mol. The Morgan fingerprint density at radius 3 is 2.56 bits per heavy atom. The molecule has 0 aliphatic carbocycles. The molecule has 2 rings (SSSR count). The molecule has 0 aliphatic rings. The number of benzene rings is 2. The minimum atomic E-state index is -1.77. The van der Waals surface area contributed by atoms with Crippen LogP contribution in [0.3, 0.4) is 0 Å². The van der Waals surface area contributed by atoms with Gasteiger partial charge in [0.2, 0.25) is 0 Å². The van der Waals surface area contributed by atoms with E-state index in [2.05, 4.69) is 5.32 Å². The van der Waals surface area contributed by atoms with Gasteiger partial charge in [-0.25, -0.2) is 4.79 Å². The second-order valence-electron chi connectivity index (χ2n) is 4.49. The van der Waals surface area contributed by atoms with Gasteiger partial charge >= 0.3 is 5.97 Å². The van der Waals surface area contributed by atoms with Gasteiger partial charge in [-0.3, -0.25) is 0 Å². The molecule has 0 saturated heterocycles. The summed E-state index contributed by atoms with van der Waals surface area (Å²) < 4.78 is 0. The summed E-state index contributed by atoms with van der Waals surface area (Å²) in [6, 6.07) is 13.6. The fraction of sp³-hybridized carbons (Fsp3) is 0.214. The van der Waals surface area contributed by atoms with Gasteiger partial charge in [0.15, 0.2) is 5.60 Å². The van der Waals surface area contributed by atoms with Crippen molar-refractivity contribution in [2.45, 2.75) is 12.5 Å². The third kappa shape index (κ3) is 2.60. The quantitative estimate of drug-likeness (QED) is 0.771. The van der Waals surface area contributed by atoms with E-state index in [9.17, 15) is 9.90 Å². The summed E-state index contributed by atoms with van der Waals surface area (Å²) in [6.45, 7) is 1.23. The minimum Gasteiger partial charge on any atom is -0.479 e. The molecule has 0 aromatic heterocycles. The zero-order valence-corrected chi connectivity index (χ0v) is 10.1. The fourth-order valence-electron chi connectivity index (χ4n) is 1.65. The number of carbonyl (C=O) groups is 1. The van der Waals surface area contributed by atoms with E-state index < -0.39 is 11.6 Å². The van der Waals surface area contributed by atoms with E-state index in [1.165, 1.54) is 6.92 Å². The van der Waals surface area contributed by atoms with Gasteiger partial charge in [0.25, 0.3) is 0 Å². The number of carboxylic acid groups (broad SMARTS) is 1. The Kier molecular flexibility index (Phi) is 3.21. The lowest BCUT2D eigenvalue weighted by molar-refractivity contribution is -0.155. The van der Waals surface area contributed by atoms with E-state index in [1.807, 2.05) is 42.5 Å². The minimum absolute atomic E-state index is 0.0410. The van der Waals surface area contributed by atoms with Crippen molar-refractivity contribution in [3.05, 3.63) is 42.5 Å². The smallest absolute Gasteiger partial charge is 0.337 e. The number of aliphatic hydroxyl groups is 1. The van der Waals surface area contributed by atoms with Crippen molar-refractivity contribution in [1.29, 1.82) is 0 Å². The van der Waals surface area contributed by atoms with Crippen molar-refractivity contribution in [1.82, 2.24) is 0 Å². The SMILES string of the molecule is CC(O)(CNc1ccc2ccccc2c1)C(=O)O. The number of hydrogen-bond acceptors (Lipinski definition) is 3. The molecule has 94 valence electrons. The highest BCUT2D eigenvalue weighted by molar-refractivity contribution is 5.85. The molecule has 4 nitrogen and oxygen atoms in total. The molecule has 3 N–H and O–H groups in total. The average molecular weight is 245 g/mol. The van der Waals surface area contributed by atoms with E-state index in [0.717, 1.165) is 16.5 Å². The normalized spacial score (nSPS) is 14.1. The highest BCUT2D eigenvalue weighted by Crippen LogP contribution is 2.19. The molecule has 2 aromatic rings. The Balaban J connectivity index is 2.15. The first-order valence-electron chi connectivity index (χ1n) is 5.67. The number of hydrogen-bond donors (Lipinski definition) is 3. The second kappa shape index (κ2) is 4.66. The molecule has 0 fully saturated rings. The molecule has 0 bridgehead atoms. The summed E-state index contributed by atoms with van der Waals surface area (Å²) in [5.74, 6) is -1.24. The van der Waals surface area contributed by atoms with Crippen LogP contribution in [0.25, 0.3) is 10.8 Å². The van der Waals surface area contributed by atoms with Crippen LogP contribution in [0.2, 0.25) is 0 Å². The van der Waals surface area contributed by atoms with Gasteiger partial charge in [0.1, 0.15) is 0 Å². The maximum absolute atomic E-state index is 10.8. The molecule has 0 amide bonds. The summed E-state index contributed by atoms with van der Waals surface area (Å²) >= 11 is 0. The third-order valence-corrected chi connectivity index (χ3v) is 2.85. The molecular weight excluding hydrogens is 230 g/mol. The lowest BCUT2D eigenvalue weighted by Crippen LogP contribution is -2.41. The first-order chi connectivity index (χ1) is 8.49. The maximum Gasteiger partial charge on any atom is 0.337 e. The van der Waals surface area contributed by atoms with Crippen molar-refractivity contribution in [3.63, 3.8) is 0 Å². The van der Waals surface area contributed by atoms with Gasteiger partial charge in [-0.15, -0.1) is 0 Å². The lowest BCUT2D eigenvalue weighted by Gasteiger charge is -2.19. The molecule has 1 unspecified atom stereocenters. The molecule has 18 heavy (non-hydrogen) atoms. The number of rotatable bonds is 4. The molecule has 0 aliphatic heterocycles. The summed E-state index contributed by atoms with van der Waals surface area (Å²) in [5.41, 5.74) is -0.985. The van der Waals surface area contributed by atoms with Crippen molar-refractivity contribution >= 4 is 22.4 Å². The van der Waals surface area contributed by atoms with Crippen LogP contribution in [-0.2, 0) is 4.79 Å². The Hall–Kier alpha value is -2.07. The van der Waals surface area contributed by atoms with E-state index in [0.29, 0.717) is 0 Å². The molecule has 4 heteroatoms. The summed E-state index contributed by atoms with van der Waals surface area (Å²) in [6.07, 6.45) is 0. The van der Waals surface area contributed by atoms with Gasteiger partial charge in [0, 0.05) is 5.69 Å². The zero-order valence-electron chi connectivity index (χ0n) is 10.1. The molecule has 0 radical (unpaired) electrons. The molecule has 0 heterocycles. The number of aliphatic carboxylic acids is 1. The van der Waals surface area contributed by atoms with Crippen molar-refractivity contribution < 1.29 is 15.0 Å². The van der Waals surface area contributed by atoms with Crippen molar-refractivity contribution in [3.8, 4) is 0 Å². The second-order valence-corrected chi connectivity index (χ2v) is 4.49. The monoisotopic (exact) mass is 245 g/mol. The highest BCUT2D eigenvalue weighted by atomic mass is 16.4. The van der Waals surface area contributed by atoms with Gasteiger partial charge in [-0.2, -0.15) is 0 Å². The first kappa shape index (κ1) is 12.4. The van der Waals surface area contributed by atoms with Crippen LogP contribution in [0.4, 0.5) is 5.69 Å². The number of fused-ring (bicyclic) bond motifs is 1. The van der Waals surface area contributed by atoms with Crippen LogP contribution in [0.15, 0.2) is 42.5 Å². The van der Waals surface area contributed by atoms with Crippen molar-refractivity contribution in [2.75, 3.05) is 11.9 Å². The topological polar surface area (TPSA) is 69.6 Å². The Labute approximate surface area is 105 Å². The number of anilines is 1. The van der Waals surface area contributed by atoms with Crippen molar-refractivity contribution in [2.24, 2.45) is 0 Å². The standard InChI is InChI=1S/C14H15NO3/c1-14(18,13(16)17)9-15-12-7-6-10-4-2-3-5-11(10)8-12/h2-8,15,18H,9H2,1H3,(H,16,17). The molecule has 0 spiro atoms. The van der Waals surface area contributed by atoms with Crippen LogP contribution >= 0.6 is 0 Å².